The molecule has 0 spiro atoms. The molecular weight excluding hydrogens is 695 g/mol. The predicted molar refractivity (Wildman–Crippen MR) is 230 cm³/mol. The molecule has 0 heterocycles. The van der Waals surface area contributed by atoms with Crippen LogP contribution in [0.4, 0.5) is 0 Å². The Balaban J connectivity index is 4.27. The van der Waals surface area contributed by atoms with Gasteiger partial charge < -0.3 is 21.1 Å². The Labute approximate surface area is 332 Å². The number of amides is 1. The zero-order valence-corrected chi connectivity index (χ0v) is 35.6. The quantitative estimate of drug-likeness (QED) is 0.0277. The first kappa shape index (κ1) is 52.2. The van der Waals surface area contributed by atoms with E-state index in [9.17, 15) is 19.4 Å². The van der Waals surface area contributed by atoms with Crippen molar-refractivity contribution in [1.82, 2.24) is 5.32 Å². The topological polar surface area (TPSA) is 131 Å². The van der Waals surface area contributed by atoms with Gasteiger partial charge >= 0.3 is 7.82 Å². The Hall–Kier alpha value is -1.80. The van der Waals surface area contributed by atoms with Crippen molar-refractivity contribution in [1.29, 1.82) is 0 Å². The maximum Gasteiger partial charge on any atom is 0.472 e. The number of carbonyl (C=O) groups excluding carboxylic acids is 1. The molecule has 0 saturated carbocycles. The molecule has 0 aromatic heterocycles. The van der Waals surface area contributed by atoms with Gasteiger partial charge in [-0.25, -0.2) is 4.57 Å². The zero-order chi connectivity index (χ0) is 39.6. The number of rotatable bonds is 40. The number of aliphatic hydroxyl groups is 1. The van der Waals surface area contributed by atoms with Crippen LogP contribution in [0.5, 0.6) is 0 Å². The number of allylic oxidation sites excluding steroid dienone is 9. The lowest BCUT2D eigenvalue weighted by molar-refractivity contribution is -0.123. The van der Waals surface area contributed by atoms with Gasteiger partial charge in [-0.15, -0.1) is 0 Å². The lowest BCUT2D eigenvalue weighted by Gasteiger charge is -2.23. The van der Waals surface area contributed by atoms with Crippen molar-refractivity contribution in [2.24, 2.45) is 5.73 Å². The summed E-state index contributed by atoms with van der Waals surface area (Å²) in [5, 5.41) is 13.6. The van der Waals surface area contributed by atoms with E-state index in [0.29, 0.717) is 6.42 Å². The predicted octanol–water partition coefficient (Wildman–Crippen LogP) is 12.3. The number of nitrogens with two attached hydrogens (primary N) is 1. The molecule has 0 aromatic carbocycles. The van der Waals surface area contributed by atoms with E-state index >= 15 is 0 Å². The maximum atomic E-state index is 12.8. The highest BCUT2D eigenvalue weighted by Crippen LogP contribution is 2.43. The van der Waals surface area contributed by atoms with Crippen molar-refractivity contribution in [3.05, 3.63) is 60.8 Å². The highest BCUT2D eigenvalue weighted by molar-refractivity contribution is 7.47. The normalized spacial score (nSPS) is 14.7. The fourth-order valence-corrected chi connectivity index (χ4v) is 6.74. The van der Waals surface area contributed by atoms with Crippen LogP contribution >= 0.6 is 7.82 Å². The van der Waals surface area contributed by atoms with Crippen LogP contribution in [0.2, 0.25) is 0 Å². The molecule has 0 bridgehead atoms. The number of hydrogen-bond donors (Lipinski definition) is 4. The largest absolute Gasteiger partial charge is 0.472 e. The average Bonchev–Trinajstić information content (AvgIpc) is 3.16. The molecular formula is C45H83N2O6P. The molecule has 3 unspecified atom stereocenters. The van der Waals surface area contributed by atoms with E-state index in [2.05, 4.69) is 67.8 Å². The van der Waals surface area contributed by atoms with Gasteiger partial charge in [0.1, 0.15) is 0 Å². The van der Waals surface area contributed by atoms with Crippen LogP contribution in [-0.4, -0.2) is 47.8 Å². The molecule has 0 aromatic rings. The fourth-order valence-electron chi connectivity index (χ4n) is 5.98. The summed E-state index contributed by atoms with van der Waals surface area (Å²) in [5.41, 5.74) is 5.37. The minimum Gasteiger partial charge on any atom is -0.387 e. The molecule has 0 aliphatic rings. The lowest BCUT2D eigenvalue weighted by Crippen LogP contribution is -2.45. The molecule has 0 fully saturated rings. The van der Waals surface area contributed by atoms with Crippen molar-refractivity contribution in [3.8, 4) is 0 Å². The van der Waals surface area contributed by atoms with Crippen molar-refractivity contribution in [3.63, 3.8) is 0 Å². The first-order valence-corrected chi connectivity index (χ1v) is 23.4. The average molecular weight is 779 g/mol. The number of unbranched alkanes of at least 4 members (excludes halogenated alkanes) is 20. The standard InChI is InChI=1S/C45H83N2O6P/c1-3-5-7-9-11-13-15-17-19-20-21-22-23-24-25-27-29-31-33-35-37-39-45(49)47-43(42-53-54(50,51)52-41-40-46)44(48)38-36-34-32-30-28-26-18-16-14-12-10-8-6-4-2/h15,17,20-21,23-24,28,30,36,38,43-44,48H,3-14,16,18-19,22,25-27,29,31-35,37,39-42,46H2,1-2H3,(H,47,49)(H,50,51)/b17-15-,21-20-,24-23-,30-28+,38-36+. The smallest absolute Gasteiger partial charge is 0.387 e. The molecule has 3 atom stereocenters. The van der Waals surface area contributed by atoms with Crippen LogP contribution in [0.15, 0.2) is 60.8 Å². The SMILES string of the molecule is CCCCCCC/C=C\C/C=C\C/C=C\CCCCCCCCC(=O)NC(COP(=O)(O)OCCN)C(O)/C=C/CC/C=C/CCCCCCCCCC. The Morgan fingerprint density at radius 1 is 0.611 bits per heavy atom. The van der Waals surface area contributed by atoms with E-state index < -0.39 is 20.0 Å². The molecule has 0 radical (unpaired) electrons. The molecule has 9 heteroatoms. The van der Waals surface area contributed by atoms with Crippen LogP contribution in [0.1, 0.15) is 187 Å². The van der Waals surface area contributed by atoms with Crippen molar-refractivity contribution >= 4 is 13.7 Å². The zero-order valence-electron chi connectivity index (χ0n) is 34.7. The second-order valence-electron chi connectivity index (χ2n) is 14.5. The molecule has 314 valence electrons. The molecule has 8 nitrogen and oxygen atoms in total. The fraction of sp³-hybridized carbons (Fsp3) is 0.756. The Kier molecular flexibility index (Phi) is 39.5. The summed E-state index contributed by atoms with van der Waals surface area (Å²) in [6.07, 6.45) is 51.3. The third kappa shape index (κ3) is 38.5. The second-order valence-corrected chi connectivity index (χ2v) is 16.0. The number of aliphatic hydroxyl groups excluding tert-OH is 1. The number of carbonyl (C=O) groups is 1. The van der Waals surface area contributed by atoms with Crippen LogP contribution < -0.4 is 11.1 Å². The van der Waals surface area contributed by atoms with Gasteiger partial charge in [0, 0.05) is 13.0 Å². The third-order valence-corrected chi connectivity index (χ3v) is 10.3. The summed E-state index contributed by atoms with van der Waals surface area (Å²) in [6, 6.07) is -0.886. The molecule has 0 saturated heterocycles. The van der Waals surface area contributed by atoms with Crippen LogP contribution in [0.25, 0.3) is 0 Å². The minimum atomic E-state index is -4.35. The summed E-state index contributed by atoms with van der Waals surface area (Å²) >= 11 is 0. The van der Waals surface area contributed by atoms with Gasteiger partial charge in [0.15, 0.2) is 0 Å². The van der Waals surface area contributed by atoms with Crippen molar-refractivity contribution in [2.45, 2.75) is 199 Å². The van der Waals surface area contributed by atoms with E-state index in [-0.39, 0.29) is 25.7 Å². The van der Waals surface area contributed by atoms with E-state index in [1.54, 1.807) is 6.08 Å². The van der Waals surface area contributed by atoms with Crippen LogP contribution in [-0.2, 0) is 18.4 Å². The first-order valence-electron chi connectivity index (χ1n) is 21.9. The number of phosphoric ester groups is 1. The first-order chi connectivity index (χ1) is 26.4. The lowest BCUT2D eigenvalue weighted by atomic mass is 10.1. The van der Waals surface area contributed by atoms with Gasteiger partial charge in [0.2, 0.25) is 5.91 Å². The number of hydrogen-bond acceptors (Lipinski definition) is 6. The van der Waals surface area contributed by atoms with E-state index in [0.717, 1.165) is 64.2 Å². The van der Waals surface area contributed by atoms with Gasteiger partial charge in [-0.3, -0.25) is 13.8 Å². The Bertz CT molecular complexity index is 1030. The highest BCUT2D eigenvalue weighted by Gasteiger charge is 2.26. The van der Waals surface area contributed by atoms with Crippen molar-refractivity contribution in [2.75, 3.05) is 19.8 Å². The van der Waals surface area contributed by atoms with Crippen LogP contribution in [0.3, 0.4) is 0 Å². The van der Waals surface area contributed by atoms with Crippen LogP contribution in [0, 0.1) is 0 Å². The summed E-state index contributed by atoms with van der Waals surface area (Å²) < 4.78 is 22.1. The van der Waals surface area contributed by atoms with E-state index in [4.69, 9.17) is 14.8 Å². The van der Waals surface area contributed by atoms with Gasteiger partial charge in [-0.05, 0) is 70.6 Å². The summed E-state index contributed by atoms with van der Waals surface area (Å²) in [6.45, 7) is 4.07. The van der Waals surface area contributed by atoms with Gasteiger partial charge in [0.25, 0.3) is 0 Å². The third-order valence-electron chi connectivity index (χ3n) is 9.32. The van der Waals surface area contributed by atoms with E-state index in [1.165, 1.54) is 103 Å². The molecule has 0 aliphatic carbocycles. The summed E-state index contributed by atoms with van der Waals surface area (Å²) in [7, 11) is -4.35. The van der Waals surface area contributed by atoms with Gasteiger partial charge in [-0.1, -0.05) is 171 Å². The molecule has 54 heavy (non-hydrogen) atoms. The Morgan fingerprint density at radius 2 is 1.04 bits per heavy atom. The molecule has 0 rings (SSSR count). The molecule has 1 amide bonds. The summed E-state index contributed by atoms with van der Waals surface area (Å²) in [5.74, 6) is -0.219. The highest BCUT2D eigenvalue weighted by atomic mass is 31.2. The monoisotopic (exact) mass is 779 g/mol. The molecule has 5 N–H and O–H groups in total. The maximum absolute atomic E-state index is 12.8. The van der Waals surface area contributed by atoms with Gasteiger partial charge in [0.05, 0.1) is 25.4 Å². The Morgan fingerprint density at radius 3 is 1.56 bits per heavy atom. The van der Waals surface area contributed by atoms with Gasteiger partial charge in [-0.2, -0.15) is 0 Å². The summed E-state index contributed by atoms with van der Waals surface area (Å²) in [4.78, 5) is 22.7. The number of nitrogens with one attached hydrogen (secondary N) is 1. The number of phosphoric acid groups is 1. The minimum absolute atomic E-state index is 0.0691. The van der Waals surface area contributed by atoms with Crippen molar-refractivity contribution < 1.29 is 28.4 Å². The second kappa shape index (κ2) is 40.9. The molecule has 0 aliphatic heterocycles. The van der Waals surface area contributed by atoms with E-state index in [1.807, 2.05) is 6.08 Å².